The Morgan fingerprint density at radius 1 is 1.32 bits per heavy atom. The van der Waals surface area contributed by atoms with E-state index in [2.05, 4.69) is 14.4 Å². The van der Waals surface area contributed by atoms with Crippen molar-refractivity contribution >= 4 is 27.6 Å². The molecule has 0 aliphatic rings. The van der Waals surface area contributed by atoms with E-state index in [0.717, 1.165) is 0 Å². The van der Waals surface area contributed by atoms with Gasteiger partial charge in [-0.25, -0.2) is 17.9 Å². The van der Waals surface area contributed by atoms with Crippen molar-refractivity contribution in [1.82, 2.24) is 9.71 Å². The van der Waals surface area contributed by atoms with Gasteiger partial charge in [0.2, 0.25) is 10.0 Å². The van der Waals surface area contributed by atoms with Crippen LogP contribution in [0.3, 0.4) is 0 Å². The van der Waals surface area contributed by atoms with Gasteiger partial charge in [-0.1, -0.05) is 17.7 Å². The van der Waals surface area contributed by atoms with Crippen molar-refractivity contribution in [2.24, 2.45) is 0 Å². The second kappa shape index (κ2) is 6.87. The number of nitrogens with one attached hydrogen (secondary N) is 1. The van der Waals surface area contributed by atoms with Crippen LogP contribution in [-0.2, 0) is 21.3 Å². The summed E-state index contributed by atoms with van der Waals surface area (Å²) >= 11 is 5.92. The van der Waals surface area contributed by atoms with Crippen LogP contribution in [0, 0.1) is 0 Å². The number of carbonyl (C=O) groups is 1. The van der Waals surface area contributed by atoms with Crippen LogP contribution >= 0.6 is 11.6 Å². The lowest BCUT2D eigenvalue weighted by Gasteiger charge is -2.09. The highest BCUT2D eigenvalue weighted by Gasteiger charge is 2.20. The molecule has 8 heteroatoms. The fourth-order valence-corrected chi connectivity index (χ4v) is 3.23. The van der Waals surface area contributed by atoms with Crippen molar-refractivity contribution in [3.05, 3.63) is 58.9 Å². The van der Waals surface area contributed by atoms with Crippen LogP contribution in [0.4, 0.5) is 0 Å². The number of hydrogen-bond acceptors (Lipinski definition) is 5. The Balaban J connectivity index is 2.27. The number of methoxy groups -OCH3 is 1. The van der Waals surface area contributed by atoms with Crippen LogP contribution in [0.1, 0.15) is 16.1 Å². The SMILES string of the molecule is COC(=O)c1ccc(Cl)c(S(=O)(=O)NCc2ccccn2)c1. The fourth-order valence-electron chi connectivity index (χ4n) is 1.70. The molecule has 0 fully saturated rings. The number of nitrogens with zero attached hydrogens (tertiary/aromatic N) is 1. The van der Waals surface area contributed by atoms with Crippen molar-refractivity contribution in [1.29, 1.82) is 0 Å². The normalized spacial score (nSPS) is 11.2. The molecule has 0 unspecified atom stereocenters. The maximum absolute atomic E-state index is 12.3. The van der Waals surface area contributed by atoms with Crippen LogP contribution in [-0.4, -0.2) is 26.5 Å². The number of rotatable bonds is 5. The molecule has 0 bridgehead atoms. The lowest BCUT2D eigenvalue weighted by atomic mass is 10.2. The van der Waals surface area contributed by atoms with E-state index < -0.39 is 16.0 Å². The first-order valence-electron chi connectivity index (χ1n) is 6.21. The highest BCUT2D eigenvalue weighted by Crippen LogP contribution is 2.23. The Morgan fingerprint density at radius 2 is 2.09 bits per heavy atom. The Labute approximate surface area is 133 Å². The van der Waals surface area contributed by atoms with Gasteiger partial charge >= 0.3 is 5.97 Å². The maximum Gasteiger partial charge on any atom is 0.337 e. The van der Waals surface area contributed by atoms with Crippen LogP contribution in [0.25, 0.3) is 0 Å². The zero-order valence-electron chi connectivity index (χ0n) is 11.6. The summed E-state index contributed by atoms with van der Waals surface area (Å²) in [6.45, 7) is 0.0158. The number of esters is 1. The number of sulfonamides is 1. The van der Waals surface area contributed by atoms with E-state index in [0.29, 0.717) is 5.69 Å². The lowest BCUT2D eigenvalue weighted by molar-refractivity contribution is 0.0600. The van der Waals surface area contributed by atoms with Crippen LogP contribution in [0.5, 0.6) is 0 Å². The van der Waals surface area contributed by atoms with E-state index in [9.17, 15) is 13.2 Å². The van der Waals surface area contributed by atoms with E-state index in [4.69, 9.17) is 11.6 Å². The van der Waals surface area contributed by atoms with Gasteiger partial charge in [-0.2, -0.15) is 0 Å². The lowest BCUT2D eigenvalue weighted by Crippen LogP contribution is -2.24. The quantitative estimate of drug-likeness (QED) is 0.841. The molecule has 0 aliphatic carbocycles. The molecule has 1 aromatic carbocycles. The molecule has 1 aromatic heterocycles. The maximum atomic E-state index is 12.3. The van der Waals surface area contributed by atoms with Gasteiger partial charge in [0.1, 0.15) is 4.90 Å². The van der Waals surface area contributed by atoms with E-state index in [1.165, 1.54) is 25.3 Å². The molecule has 1 N–H and O–H groups in total. The zero-order valence-corrected chi connectivity index (χ0v) is 13.2. The fraction of sp³-hybridized carbons (Fsp3) is 0.143. The first-order chi connectivity index (χ1) is 10.4. The van der Waals surface area contributed by atoms with E-state index in [-0.39, 0.29) is 22.0 Å². The first-order valence-corrected chi connectivity index (χ1v) is 8.07. The molecule has 22 heavy (non-hydrogen) atoms. The van der Waals surface area contributed by atoms with E-state index >= 15 is 0 Å². The van der Waals surface area contributed by atoms with Crippen LogP contribution in [0.15, 0.2) is 47.5 Å². The van der Waals surface area contributed by atoms with Gasteiger partial charge in [0.25, 0.3) is 0 Å². The van der Waals surface area contributed by atoms with Crippen molar-refractivity contribution < 1.29 is 17.9 Å². The van der Waals surface area contributed by atoms with Gasteiger partial charge in [0, 0.05) is 6.20 Å². The standard InChI is InChI=1S/C14H13ClN2O4S/c1-21-14(18)10-5-6-12(15)13(8-10)22(19,20)17-9-11-4-2-3-7-16-11/h2-8,17H,9H2,1H3. The predicted octanol–water partition coefficient (Wildman–Crippen LogP) is 2.00. The summed E-state index contributed by atoms with van der Waals surface area (Å²) in [5.41, 5.74) is 0.663. The molecule has 0 saturated carbocycles. The topological polar surface area (TPSA) is 85.4 Å². The van der Waals surface area contributed by atoms with E-state index in [1.54, 1.807) is 24.4 Å². The first kappa shape index (κ1) is 16.4. The minimum Gasteiger partial charge on any atom is -0.465 e. The Hall–Kier alpha value is -1.96. The number of benzene rings is 1. The molecule has 0 atom stereocenters. The second-order valence-electron chi connectivity index (χ2n) is 4.28. The number of halogens is 1. The molecule has 0 radical (unpaired) electrons. The molecule has 6 nitrogen and oxygen atoms in total. The second-order valence-corrected chi connectivity index (χ2v) is 6.42. The molecule has 2 aromatic rings. The molecule has 0 aliphatic heterocycles. The third-order valence-electron chi connectivity index (χ3n) is 2.81. The monoisotopic (exact) mass is 340 g/mol. The average molecular weight is 341 g/mol. The van der Waals surface area contributed by atoms with Gasteiger partial charge in [-0.05, 0) is 30.3 Å². The smallest absolute Gasteiger partial charge is 0.337 e. The highest BCUT2D eigenvalue weighted by molar-refractivity contribution is 7.89. The summed E-state index contributed by atoms with van der Waals surface area (Å²) in [4.78, 5) is 15.3. The van der Waals surface area contributed by atoms with Crippen molar-refractivity contribution in [2.45, 2.75) is 11.4 Å². The number of pyridine rings is 1. The molecule has 0 saturated heterocycles. The number of ether oxygens (including phenoxy) is 1. The third-order valence-corrected chi connectivity index (χ3v) is 4.69. The summed E-state index contributed by atoms with van der Waals surface area (Å²) in [5.74, 6) is -0.641. The minimum atomic E-state index is -3.88. The minimum absolute atomic E-state index is 0.0150. The molecule has 116 valence electrons. The number of aromatic nitrogens is 1. The predicted molar refractivity (Wildman–Crippen MR) is 81.1 cm³/mol. The van der Waals surface area contributed by atoms with Crippen molar-refractivity contribution in [2.75, 3.05) is 7.11 Å². The van der Waals surface area contributed by atoms with Gasteiger partial charge in [0.05, 0.1) is 29.9 Å². The Morgan fingerprint density at radius 3 is 2.73 bits per heavy atom. The summed E-state index contributed by atoms with van der Waals surface area (Å²) in [7, 11) is -2.67. The van der Waals surface area contributed by atoms with Gasteiger partial charge in [-0.3, -0.25) is 4.98 Å². The van der Waals surface area contributed by atoms with Gasteiger partial charge in [-0.15, -0.1) is 0 Å². The number of hydrogen-bond donors (Lipinski definition) is 1. The molecular weight excluding hydrogens is 328 g/mol. The summed E-state index contributed by atoms with van der Waals surface area (Å²) in [5, 5.41) is 0.0150. The average Bonchev–Trinajstić information content (AvgIpc) is 2.53. The van der Waals surface area contributed by atoms with Crippen LogP contribution in [0.2, 0.25) is 5.02 Å². The van der Waals surface area contributed by atoms with Crippen LogP contribution < -0.4 is 4.72 Å². The van der Waals surface area contributed by atoms with Gasteiger partial charge in [0.15, 0.2) is 0 Å². The highest BCUT2D eigenvalue weighted by atomic mass is 35.5. The van der Waals surface area contributed by atoms with Gasteiger partial charge < -0.3 is 4.74 Å². The van der Waals surface area contributed by atoms with E-state index in [1.807, 2.05) is 0 Å². The number of carbonyl (C=O) groups excluding carboxylic acids is 1. The largest absolute Gasteiger partial charge is 0.465 e. The molecule has 2 rings (SSSR count). The molecular formula is C14H13ClN2O4S. The summed E-state index contributed by atoms with van der Waals surface area (Å²) in [6, 6.07) is 9.08. The van der Waals surface area contributed by atoms with Crippen molar-refractivity contribution in [3.8, 4) is 0 Å². The Bertz CT molecular complexity index is 779. The molecule has 0 amide bonds. The Kier molecular flexibility index (Phi) is 5.12. The zero-order chi connectivity index (χ0) is 16.2. The molecule has 1 heterocycles. The summed E-state index contributed by atoms with van der Waals surface area (Å²) < 4.78 is 31.6. The molecule has 0 spiro atoms. The summed E-state index contributed by atoms with van der Waals surface area (Å²) in [6.07, 6.45) is 1.56. The van der Waals surface area contributed by atoms with Crippen molar-refractivity contribution in [3.63, 3.8) is 0 Å². The third kappa shape index (κ3) is 3.82.